The Kier molecular flexibility index (Phi) is 6.19. The lowest BCUT2D eigenvalue weighted by Gasteiger charge is -2.49. The largest absolute Gasteiger partial charge is 0.379 e. The van der Waals surface area contributed by atoms with E-state index in [9.17, 15) is 0 Å². The van der Waals surface area contributed by atoms with Crippen LogP contribution in [0.3, 0.4) is 0 Å². The van der Waals surface area contributed by atoms with Crippen molar-refractivity contribution in [2.45, 2.75) is 44.1 Å². The third-order valence-corrected chi connectivity index (χ3v) is 6.80. The lowest BCUT2D eigenvalue weighted by Crippen LogP contribution is -2.59. The summed E-state index contributed by atoms with van der Waals surface area (Å²) in [6, 6.07) is 6.52. The summed E-state index contributed by atoms with van der Waals surface area (Å²) in [5, 5.41) is 3.41. The number of guanidine groups is 1. The van der Waals surface area contributed by atoms with E-state index in [-0.39, 0.29) is 5.54 Å². The Hall–Kier alpha value is -1.63. The first kappa shape index (κ1) is 19.7. The minimum Gasteiger partial charge on any atom is -0.379 e. The second kappa shape index (κ2) is 8.80. The van der Waals surface area contributed by atoms with Gasteiger partial charge in [0.25, 0.3) is 0 Å². The van der Waals surface area contributed by atoms with Gasteiger partial charge in [-0.1, -0.05) is 12.1 Å². The summed E-state index contributed by atoms with van der Waals surface area (Å²) < 4.78 is 5.59. The van der Waals surface area contributed by atoms with Crippen LogP contribution in [0.25, 0.3) is 0 Å². The standard InChI is InChI=1S/C22H35N5O/c1-26-11-9-22(10-12-26,27-13-15-28-16-14-27)17-24-21(23)25-20-8-4-6-18-5-2-3-7-19(18)20/h4,6,8H,2-3,5,7,9-17H2,1H3,(H3,23,24,25). The Labute approximate surface area is 169 Å². The Bertz CT molecular complexity index is 690. The van der Waals surface area contributed by atoms with Crippen molar-refractivity contribution in [3.8, 4) is 0 Å². The summed E-state index contributed by atoms with van der Waals surface area (Å²) in [5.41, 5.74) is 10.5. The number of benzene rings is 1. The normalized spacial score (nSPS) is 24.0. The average molecular weight is 386 g/mol. The number of hydrogen-bond donors (Lipinski definition) is 2. The molecule has 154 valence electrons. The summed E-state index contributed by atoms with van der Waals surface area (Å²) in [4.78, 5) is 9.87. The monoisotopic (exact) mass is 385 g/mol. The lowest BCUT2D eigenvalue weighted by molar-refractivity contribution is -0.0411. The molecule has 0 saturated carbocycles. The molecule has 0 atom stereocenters. The smallest absolute Gasteiger partial charge is 0.193 e. The van der Waals surface area contributed by atoms with Crippen LogP contribution in [0.15, 0.2) is 23.2 Å². The van der Waals surface area contributed by atoms with Gasteiger partial charge in [0.15, 0.2) is 5.96 Å². The molecular weight excluding hydrogens is 350 g/mol. The van der Waals surface area contributed by atoms with Crippen LogP contribution in [-0.2, 0) is 17.6 Å². The predicted octanol–water partition coefficient (Wildman–Crippen LogP) is 2.09. The predicted molar refractivity (Wildman–Crippen MR) is 115 cm³/mol. The third kappa shape index (κ3) is 4.34. The summed E-state index contributed by atoms with van der Waals surface area (Å²) in [6.07, 6.45) is 7.14. The maximum absolute atomic E-state index is 6.36. The second-order valence-electron chi connectivity index (χ2n) is 8.60. The first-order chi connectivity index (χ1) is 13.7. The number of likely N-dealkylation sites (tertiary alicyclic amines) is 1. The third-order valence-electron chi connectivity index (χ3n) is 6.80. The zero-order valence-electron chi connectivity index (χ0n) is 17.3. The molecule has 1 aromatic rings. The molecule has 2 aliphatic heterocycles. The van der Waals surface area contributed by atoms with E-state index in [4.69, 9.17) is 15.5 Å². The average Bonchev–Trinajstić information content (AvgIpc) is 2.75. The highest BCUT2D eigenvalue weighted by molar-refractivity contribution is 5.93. The number of nitrogens with two attached hydrogens (primary N) is 1. The first-order valence-corrected chi connectivity index (χ1v) is 10.9. The number of hydrogen-bond acceptors (Lipinski definition) is 4. The van der Waals surface area contributed by atoms with Crippen molar-refractivity contribution >= 4 is 11.6 Å². The van der Waals surface area contributed by atoms with Crippen molar-refractivity contribution in [1.82, 2.24) is 9.80 Å². The molecule has 0 radical (unpaired) electrons. The molecular formula is C22H35N5O. The van der Waals surface area contributed by atoms with Gasteiger partial charge in [-0.15, -0.1) is 0 Å². The van der Waals surface area contributed by atoms with Crippen molar-refractivity contribution < 1.29 is 4.74 Å². The molecule has 2 fully saturated rings. The molecule has 3 aliphatic rings. The lowest BCUT2D eigenvalue weighted by atomic mass is 9.85. The van der Waals surface area contributed by atoms with Crippen molar-refractivity contribution in [2.24, 2.45) is 10.7 Å². The van der Waals surface area contributed by atoms with E-state index in [0.717, 1.165) is 70.9 Å². The van der Waals surface area contributed by atoms with Crippen LogP contribution in [0.1, 0.15) is 36.8 Å². The number of nitrogens with zero attached hydrogens (tertiary/aromatic N) is 3. The molecule has 4 rings (SSSR count). The summed E-state index contributed by atoms with van der Waals surface area (Å²) in [7, 11) is 2.21. The van der Waals surface area contributed by atoms with Crippen molar-refractivity contribution in [2.75, 3.05) is 58.3 Å². The SMILES string of the molecule is CN1CCC(CN=C(N)Nc2cccc3c2CCCC3)(N2CCOCC2)CC1. The number of aliphatic imine (C=N–C) groups is 1. The van der Waals surface area contributed by atoms with Gasteiger partial charge in [0.2, 0.25) is 0 Å². The van der Waals surface area contributed by atoms with E-state index in [1.54, 1.807) is 0 Å². The van der Waals surface area contributed by atoms with E-state index in [1.807, 2.05) is 0 Å². The summed E-state index contributed by atoms with van der Waals surface area (Å²) >= 11 is 0. The quantitative estimate of drug-likeness (QED) is 0.614. The van der Waals surface area contributed by atoms with Crippen LogP contribution in [0.5, 0.6) is 0 Å². The number of nitrogens with one attached hydrogen (secondary N) is 1. The molecule has 2 heterocycles. The van der Waals surface area contributed by atoms with Gasteiger partial charge in [0.1, 0.15) is 0 Å². The van der Waals surface area contributed by atoms with E-state index in [0.29, 0.717) is 5.96 Å². The highest BCUT2D eigenvalue weighted by Gasteiger charge is 2.39. The number of ether oxygens (including phenoxy) is 1. The molecule has 3 N–H and O–H groups in total. The first-order valence-electron chi connectivity index (χ1n) is 10.9. The molecule has 6 heteroatoms. The number of fused-ring (bicyclic) bond motifs is 1. The second-order valence-corrected chi connectivity index (χ2v) is 8.60. The summed E-state index contributed by atoms with van der Waals surface area (Å²) in [6.45, 7) is 6.64. The number of anilines is 1. The van der Waals surface area contributed by atoms with E-state index in [2.05, 4.69) is 40.4 Å². The Balaban J connectivity index is 1.47. The van der Waals surface area contributed by atoms with Crippen molar-refractivity contribution in [1.29, 1.82) is 0 Å². The minimum atomic E-state index is 0.110. The fraction of sp³-hybridized carbons (Fsp3) is 0.682. The molecule has 2 saturated heterocycles. The molecule has 6 nitrogen and oxygen atoms in total. The van der Waals surface area contributed by atoms with Crippen LogP contribution in [0.4, 0.5) is 5.69 Å². The van der Waals surface area contributed by atoms with Gasteiger partial charge in [-0.3, -0.25) is 9.89 Å². The van der Waals surface area contributed by atoms with E-state index < -0.39 is 0 Å². The Morgan fingerprint density at radius 2 is 1.89 bits per heavy atom. The fourth-order valence-electron chi connectivity index (χ4n) is 4.96. The highest BCUT2D eigenvalue weighted by Crippen LogP contribution is 2.30. The fourth-order valence-corrected chi connectivity index (χ4v) is 4.96. The number of piperidine rings is 1. The molecule has 0 bridgehead atoms. The van der Waals surface area contributed by atoms with Crippen LogP contribution in [-0.4, -0.2) is 74.3 Å². The maximum atomic E-state index is 6.36. The van der Waals surface area contributed by atoms with Gasteiger partial charge in [-0.05, 0) is 75.9 Å². The van der Waals surface area contributed by atoms with Crippen molar-refractivity contribution in [3.63, 3.8) is 0 Å². The van der Waals surface area contributed by atoms with Gasteiger partial charge in [-0.2, -0.15) is 0 Å². The minimum absolute atomic E-state index is 0.110. The molecule has 1 aromatic carbocycles. The molecule has 0 spiro atoms. The summed E-state index contributed by atoms with van der Waals surface area (Å²) in [5.74, 6) is 0.547. The van der Waals surface area contributed by atoms with Crippen LogP contribution < -0.4 is 11.1 Å². The molecule has 0 amide bonds. The van der Waals surface area contributed by atoms with Crippen LogP contribution in [0.2, 0.25) is 0 Å². The molecule has 1 aliphatic carbocycles. The van der Waals surface area contributed by atoms with E-state index >= 15 is 0 Å². The van der Waals surface area contributed by atoms with Gasteiger partial charge in [-0.25, -0.2) is 0 Å². The molecule has 0 aromatic heterocycles. The van der Waals surface area contributed by atoms with Crippen molar-refractivity contribution in [3.05, 3.63) is 29.3 Å². The molecule has 28 heavy (non-hydrogen) atoms. The maximum Gasteiger partial charge on any atom is 0.193 e. The Morgan fingerprint density at radius 3 is 2.68 bits per heavy atom. The van der Waals surface area contributed by atoms with E-state index in [1.165, 1.54) is 30.4 Å². The van der Waals surface area contributed by atoms with Crippen LogP contribution in [0, 0.1) is 0 Å². The number of rotatable bonds is 4. The molecule has 0 unspecified atom stereocenters. The Morgan fingerprint density at radius 1 is 1.14 bits per heavy atom. The number of aryl methyl sites for hydroxylation is 1. The van der Waals surface area contributed by atoms with Gasteiger partial charge in [0.05, 0.1) is 19.8 Å². The van der Waals surface area contributed by atoms with Gasteiger partial charge < -0.3 is 20.7 Å². The van der Waals surface area contributed by atoms with Gasteiger partial charge >= 0.3 is 0 Å². The topological polar surface area (TPSA) is 66.1 Å². The van der Waals surface area contributed by atoms with Crippen LogP contribution >= 0.6 is 0 Å². The van der Waals surface area contributed by atoms with Gasteiger partial charge in [0, 0.05) is 24.3 Å². The zero-order chi connectivity index (χ0) is 19.4. The zero-order valence-corrected chi connectivity index (χ0v) is 17.3. The highest BCUT2D eigenvalue weighted by atomic mass is 16.5. The number of morpholine rings is 1.